The maximum Gasteiger partial charge on any atom is 0.258 e. The summed E-state index contributed by atoms with van der Waals surface area (Å²) in [6.45, 7) is 7.81. The monoisotopic (exact) mass is 446 g/mol. The van der Waals surface area contributed by atoms with E-state index in [1.807, 2.05) is 19.1 Å². The van der Waals surface area contributed by atoms with Crippen molar-refractivity contribution in [1.82, 2.24) is 4.72 Å². The summed E-state index contributed by atoms with van der Waals surface area (Å²) in [5, 5.41) is 0. The van der Waals surface area contributed by atoms with E-state index in [4.69, 9.17) is 9.47 Å². The number of carbonyl (C=O) groups excluding carboxylic acids is 1. The quantitative estimate of drug-likeness (QED) is 0.757. The van der Waals surface area contributed by atoms with Crippen molar-refractivity contribution < 1.29 is 22.7 Å². The van der Waals surface area contributed by atoms with Gasteiger partial charge in [0.05, 0.1) is 19.9 Å². The van der Waals surface area contributed by atoms with Crippen LogP contribution in [0.25, 0.3) is 0 Å². The van der Waals surface area contributed by atoms with Crippen molar-refractivity contribution in [3.8, 4) is 11.5 Å². The molecule has 0 saturated heterocycles. The molecule has 0 fully saturated rings. The molecular formula is C23H30N2O5S. The summed E-state index contributed by atoms with van der Waals surface area (Å²) in [5.74, 6) is 0.532. The molecule has 3 rings (SSSR count). The van der Waals surface area contributed by atoms with E-state index < -0.39 is 15.6 Å². The third-order valence-electron chi connectivity index (χ3n) is 5.16. The van der Waals surface area contributed by atoms with Crippen LogP contribution < -0.4 is 19.1 Å². The molecule has 168 valence electrons. The summed E-state index contributed by atoms with van der Waals surface area (Å²) in [7, 11) is -0.912. The number of amides is 1. The molecule has 0 atom stereocenters. The van der Waals surface area contributed by atoms with Gasteiger partial charge in [0, 0.05) is 17.6 Å². The van der Waals surface area contributed by atoms with E-state index in [2.05, 4.69) is 4.72 Å². The number of methoxy groups -OCH3 is 2. The number of ether oxygens (including phenoxy) is 2. The third-order valence-corrected chi connectivity index (χ3v) is 6.94. The lowest BCUT2D eigenvalue weighted by molar-refractivity contribution is 0.0984. The molecule has 2 aromatic rings. The lowest BCUT2D eigenvalue weighted by atomic mass is 9.95. The molecule has 1 amide bonds. The van der Waals surface area contributed by atoms with Gasteiger partial charge in [-0.2, -0.15) is 0 Å². The van der Waals surface area contributed by atoms with Gasteiger partial charge in [-0.15, -0.1) is 0 Å². The zero-order valence-corrected chi connectivity index (χ0v) is 19.7. The van der Waals surface area contributed by atoms with Crippen LogP contribution in [0, 0.1) is 6.92 Å². The van der Waals surface area contributed by atoms with Gasteiger partial charge >= 0.3 is 0 Å². The zero-order chi connectivity index (χ0) is 23.0. The Morgan fingerprint density at radius 3 is 2.32 bits per heavy atom. The number of rotatable bonds is 5. The molecule has 8 heteroatoms. The van der Waals surface area contributed by atoms with Crippen LogP contribution in [0.1, 0.15) is 48.7 Å². The predicted molar refractivity (Wildman–Crippen MR) is 121 cm³/mol. The van der Waals surface area contributed by atoms with Gasteiger partial charge in [0.15, 0.2) is 0 Å². The first-order valence-electron chi connectivity index (χ1n) is 10.2. The van der Waals surface area contributed by atoms with Crippen molar-refractivity contribution in [1.29, 1.82) is 0 Å². The van der Waals surface area contributed by atoms with Crippen molar-refractivity contribution in [3.05, 3.63) is 47.0 Å². The molecule has 0 unspecified atom stereocenters. The van der Waals surface area contributed by atoms with Gasteiger partial charge < -0.3 is 14.4 Å². The van der Waals surface area contributed by atoms with Crippen LogP contribution in [0.15, 0.2) is 35.2 Å². The third kappa shape index (κ3) is 4.70. The Bertz CT molecular complexity index is 1100. The molecule has 1 aliphatic heterocycles. The highest BCUT2D eigenvalue weighted by molar-refractivity contribution is 7.89. The van der Waals surface area contributed by atoms with E-state index in [-0.39, 0.29) is 22.1 Å². The number of fused-ring (bicyclic) bond motifs is 1. The minimum Gasteiger partial charge on any atom is -0.495 e. The fourth-order valence-electron chi connectivity index (χ4n) is 3.85. The number of anilines is 1. The molecule has 0 aliphatic carbocycles. The van der Waals surface area contributed by atoms with Crippen LogP contribution in [0.3, 0.4) is 0 Å². The van der Waals surface area contributed by atoms with Crippen LogP contribution >= 0.6 is 0 Å². The largest absolute Gasteiger partial charge is 0.495 e. The average molecular weight is 447 g/mol. The molecule has 1 N–H and O–H groups in total. The van der Waals surface area contributed by atoms with E-state index in [0.717, 1.165) is 29.7 Å². The number of nitrogens with zero attached hydrogens (tertiary/aromatic N) is 1. The van der Waals surface area contributed by atoms with E-state index in [0.29, 0.717) is 12.3 Å². The fourth-order valence-corrected chi connectivity index (χ4v) is 5.47. The Kier molecular flexibility index (Phi) is 6.34. The fraction of sp³-hybridized carbons (Fsp3) is 0.435. The molecule has 31 heavy (non-hydrogen) atoms. The minimum atomic E-state index is -3.90. The van der Waals surface area contributed by atoms with Crippen LogP contribution in [-0.4, -0.2) is 40.6 Å². The summed E-state index contributed by atoms with van der Waals surface area (Å²) in [6.07, 6.45) is 1.68. The molecule has 0 bridgehead atoms. The first-order chi connectivity index (χ1) is 14.5. The predicted octanol–water partition coefficient (Wildman–Crippen LogP) is 3.68. The van der Waals surface area contributed by atoms with Gasteiger partial charge in [-0.3, -0.25) is 4.79 Å². The summed E-state index contributed by atoms with van der Waals surface area (Å²) in [5.41, 5.74) is 2.52. The first kappa shape index (κ1) is 23.1. The van der Waals surface area contributed by atoms with Crippen molar-refractivity contribution in [3.63, 3.8) is 0 Å². The second kappa shape index (κ2) is 8.51. The number of aryl methyl sites for hydroxylation is 1. The van der Waals surface area contributed by atoms with E-state index in [1.54, 1.807) is 38.8 Å². The molecule has 0 saturated carbocycles. The van der Waals surface area contributed by atoms with E-state index in [1.165, 1.54) is 19.2 Å². The smallest absolute Gasteiger partial charge is 0.258 e. The summed E-state index contributed by atoms with van der Waals surface area (Å²) < 4.78 is 39.4. The highest BCUT2D eigenvalue weighted by Crippen LogP contribution is 2.39. The second-order valence-electron chi connectivity index (χ2n) is 8.69. The molecule has 0 aromatic heterocycles. The molecule has 2 aromatic carbocycles. The maximum atomic E-state index is 13.5. The van der Waals surface area contributed by atoms with Gasteiger partial charge in [-0.1, -0.05) is 6.07 Å². The summed E-state index contributed by atoms with van der Waals surface area (Å²) in [4.78, 5) is 15.1. The number of nitrogens with one attached hydrogen (secondary N) is 1. The molecule has 0 radical (unpaired) electrons. The van der Waals surface area contributed by atoms with Gasteiger partial charge in [0.1, 0.15) is 16.4 Å². The van der Waals surface area contributed by atoms with Gasteiger partial charge in [0.2, 0.25) is 10.0 Å². The molecule has 0 spiro atoms. The number of sulfonamides is 1. The Morgan fingerprint density at radius 2 is 1.71 bits per heavy atom. The Labute approximate surface area is 184 Å². The second-order valence-corrected chi connectivity index (χ2v) is 10.3. The van der Waals surface area contributed by atoms with Crippen LogP contribution in [0.2, 0.25) is 0 Å². The maximum absolute atomic E-state index is 13.5. The van der Waals surface area contributed by atoms with Crippen molar-refractivity contribution in [2.45, 2.75) is 51.0 Å². The minimum absolute atomic E-state index is 0.0655. The van der Waals surface area contributed by atoms with Crippen molar-refractivity contribution in [2.75, 3.05) is 25.7 Å². The highest BCUT2D eigenvalue weighted by atomic mass is 32.2. The van der Waals surface area contributed by atoms with Crippen LogP contribution in [0.5, 0.6) is 11.5 Å². The zero-order valence-electron chi connectivity index (χ0n) is 18.9. The average Bonchev–Trinajstić information content (AvgIpc) is 2.71. The topological polar surface area (TPSA) is 84.9 Å². The van der Waals surface area contributed by atoms with Gasteiger partial charge in [-0.05, 0) is 75.9 Å². The normalized spacial score (nSPS) is 14.2. The Balaban J connectivity index is 2.08. The number of hydrogen-bond acceptors (Lipinski definition) is 5. The molecule has 1 aliphatic rings. The van der Waals surface area contributed by atoms with Crippen molar-refractivity contribution >= 4 is 21.6 Å². The lowest BCUT2D eigenvalue weighted by Gasteiger charge is -2.32. The standard InChI is InChI=1S/C23H30N2O5S/c1-15-9-11-19(30-6)21-17(15)8-7-13-25(21)22(26)16-10-12-18(29-5)20(14-16)31(27,28)24-23(2,3)4/h9-12,14,24H,7-8,13H2,1-6H3. The molecule has 1 heterocycles. The number of benzene rings is 2. The summed E-state index contributed by atoms with van der Waals surface area (Å²) in [6, 6.07) is 8.33. The summed E-state index contributed by atoms with van der Waals surface area (Å²) >= 11 is 0. The van der Waals surface area contributed by atoms with Crippen molar-refractivity contribution in [2.24, 2.45) is 0 Å². The van der Waals surface area contributed by atoms with E-state index in [9.17, 15) is 13.2 Å². The van der Waals surface area contributed by atoms with Crippen LogP contribution in [-0.2, 0) is 16.4 Å². The number of hydrogen-bond donors (Lipinski definition) is 1. The SMILES string of the molecule is COc1ccc(C(=O)N2CCCc3c(C)ccc(OC)c32)cc1S(=O)(=O)NC(C)(C)C. The highest BCUT2D eigenvalue weighted by Gasteiger charge is 2.30. The lowest BCUT2D eigenvalue weighted by Crippen LogP contribution is -2.40. The number of carbonyl (C=O) groups is 1. The Hall–Kier alpha value is -2.58. The van der Waals surface area contributed by atoms with Gasteiger partial charge in [-0.25, -0.2) is 13.1 Å². The molecule has 7 nitrogen and oxygen atoms in total. The first-order valence-corrected chi connectivity index (χ1v) is 11.7. The van der Waals surface area contributed by atoms with Gasteiger partial charge in [0.25, 0.3) is 5.91 Å². The molecular weight excluding hydrogens is 416 g/mol. The van der Waals surface area contributed by atoms with E-state index >= 15 is 0 Å². The Morgan fingerprint density at radius 1 is 1.06 bits per heavy atom. The van der Waals surface area contributed by atoms with Crippen LogP contribution in [0.4, 0.5) is 5.69 Å².